The zero-order chi connectivity index (χ0) is 16.9. The molecule has 5 nitrogen and oxygen atoms in total. The molecule has 0 unspecified atom stereocenters. The molecule has 0 atom stereocenters. The third-order valence-corrected chi connectivity index (χ3v) is 4.70. The van der Waals surface area contributed by atoms with Gasteiger partial charge in [-0.05, 0) is 53.7 Å². The molecule has 0 saturated carbocycles. The zero-order valence-corrected chi connectivity index (χ0v) is 15.2. The van der Waals surface area contributed by atoms with Gasteiger partial charge >= 0.3 is 0 Å². The van der Waals surface area contributed by atoms with E-state index in [2.05, 4.69) is 25.9 Å². The predicted octanol–water partition coefficient (Wildman–Crippen LogP) is 3.48. The van der Waals surface area contributed by atoms with E-state index in [-0.39, 0.29) is 5.91 Å². The van der Waals surface area contributed by atoms with E-state index in [1.165, 1.54) is 0 Å². The first-order valence-corrected chi connectivity index (χ1v) is 8.87. The number of aromatic nitrogens is 2. The van der Waals surface area contributed by atoms with Crippen LogP contribution in [0.15, 0.2) is 41.3 Å². The van der Waals surface area contributed by atoms with E-state index in [0.29, 0.717) is 24.0 Å². The van der Waals surface area contributed by atoms with Crippen molar-refractivity contribution >= 4 is 21.8 Å². The van der Waals surface area contributed by atoms with E-state index in [0.717, 1.165) is 36.0 Å². The number of nitrogens with zero attached hydrogens (tertiary/aromatic N) is 3. The van der Waals surface area contributed by atoms with E-state index in [1.54, 1.807) is 18.6 Å². The highest BCUT2D eigenvalue weighted by molar-refractivity contribution is 9.10. The average molecular weight is 390 g/mol. The number of ether oxygens (including phenoxy) is 1. The molecule has 0 aliphatic carbocycles. The highest BCUT2D eigenvalue weighted by Gasteiger charge is 2.24. The summed E-state index contributed by atoms with van der Waals surface area (Å²) in [6.07, 6.45) is 6.93. The first kappa shape index (κ1) is 16.9. The fourth-order valence-corrected chi connectivity index (χ4v) is 3.20. The van der Waals surface area contributed by atoms with Gasteiger partial charge in [0.05, 0.1) is 12.2 Å². The molecule has 1 aliphatic heterocycles. The fraction of sp³-hybridized carbons (Fsp3) is 0.389. The van der Waals surface area contributed by atoms with Crippen molar-refractivity contribution in [1.29, 1.82) is 0 Å². The van der Waals surface area contributed by atoms with E-state index in [9.17, 15) is 4.79 Å². The van der Waals surface area contributed by atoms with Crippen LogP contribution in [-0.4, -0.2) is 40.5 Å². The maximum Gasteiger partial charge on any atom is 0.255 e. The minimum atomic E-state index is 0.0451. The summed E-state index contributed by atoms with van der Waals surface area (Å²) >= 11 is 3.36. The van der Waals surface area contributed by atoms with Crippen molar-refractivity contribution < 1.29 is 9.53 Å². The quantitative estimate of drug-likeness (QED) is 0.802. The molecule has 3 heterocycles. The van der Waals surface area contributed by atoms with Crippen LogP contribution in [0.2, 0.25) is 0 Å². The molecular formula is C18H20BrN3O2. The number of rotatable bonds is 4. The highest BCUT2D eigenvalue weighted by atomic mass is 79.9. The molecule has 0 aromatic carbocycles. The Morgan fingerprint density at radius 1 is 1.38 bits per heavy atom. The van der Waals surface area contributed by atoms with Crippen molar-refractivity contribution in [3.8, 4) is 5.88 Å². The van der Waals surface area contributed by atoms with Crippen molar-refractivity contribution in [1.82, 2.24) is 14.9 Å². The first-order chi connectivity index (χ1) is 11.6. The van der Waals surface area contributed by atoms with Gasteiger partial charge in [-0.15, -0.1) is 0 Å². The number of piperidine rings is 1. The monoisotopic (exact) mass is 389 g/mol. The van der Waals surface area contributed by atoms with Gasteiger partial charge in [-0.1, -0.05) is 6.07 Å². The fourth-order valence-electron chi connectivity index (χ4n) is 2.83. The standard InChI is InChI=1S/C18H20BrN3O2/c1-13-3-2-6-21-17(13)24-12-14-4-7-22(8-5-14)18(23)15-9-16(19)11-20-10-15/h2-3,6,9-11,14H,4-5,7-8,12H2,1H3. The molecule has 1 aliphatic rings. The molecule has 24 heavy (non-hydrogen) atoms. The Balaban J connectivity index is 1.51. The molecule has 1 amide bonds. The van der Waals surface area contributed by atoms with E-state index in [4.69, 9.17) is 4.74 Å². The Labute approximate surface area is 150 Å². The number of hydrogen-bond donors (Lipinski definition) is 0. The minimum absolute atomic E-state index is 0.0451. The van der Waals surface area contributed by atoms with Gasteiger partial charge < -0.3 is 9.64 Å². The Morgan fingerprint density at radius 3 is 2.88 bits per heavy atom. The Kier molecular flexibility index (Phi) is 5.45. The third kappa shape index (κ3) is 4.12. The van der Waals surface area contributed by atoms with Gasteiger partial charge in [0, 0.05) is 41.7 Å². The Bertz CT molecular complexity index is 715. The van der Waals surface area contributed by atoms with Crippen LogP contribution in [-0.2, 0) is 0 Å². The molecule has 1 fully saturated rings. The molecule has 6 heteroatoms. The summed E-state index contributed by atoms with van der Waals surface area (Å²) in [7, 11) is 0. The van der Waals surface area contributed by atoms with Crippen LogP contribution in [0, 0.1) is 12.8 Å². The molecule has 3 rings (SSSR count). The number of carbonyl (C=O) groups is 1. The number of aryl methyl sites for hydroxylation is 1. The van der Waals surface area contributed by atoms with Gasteiger partial charge in [0.15, 0.2) is 0 Å². The highest BCUT2D eigenvalue weighted by Crippen LogP contribution is 2.22. The second-order valence-electron chi connectivity index (χ2n) is 6.06. The second kappa shape index (κ2) is 7.75. The lowest BCUT2D eigenvalue weighted by molar-refractivity contribution is 0.0658. The maximum absolute atomic E-state index is 12.5. The molecule has 2 aromatic heterocycles. The summed E-state index contributed by atoms with van der Waals surface area (Å²) in [6, 6.07) is 5.72. The van der Waals surface area contributed by atoms with Crippen LogP contribution in [0.25, 0.3) is 0 Å². The van der Waals surface area contributed by atoms with Crippen molar-refractivity contribution in [3.63, 3.8) is 0 Å². The summed E-state index contributed by atoms with van der Waals surface area (Å²) in [4.78, 5) is 22.7. The lowest BCUT2D eigenvalue weighted by atomic mass is 9.97. The molecule has 126 valence electrons. The third-order valence-electron chi connectivity index (χ3n) is 4.27. The number of halogens is 1. The summed E-state index contributed by atoms with van der Waals surface area (Å²) in [5.74, 6) is 1.20. The number of amides is 1. The van der Waals surface area contributed by atoms with Crippen LogP contribution in [0.4, 0.5) is 0 Å². The van der Waals surface area contributed by atoms with Gasteiger partial charge in [-0.3, -0.25) is 9.78 Å². The predicted molar refractivity (Wildman–Crippen MR) is 95.0 cm³/mol. The Hall–Kier alpha value is -1.95. The maximum atomic E-state index is 12.5. The Morgan fingerprint density at radius 2 is 2.17 bits per heavy atom. The lowest BCUT2D eigenvalue weighted by Gasteiger charge is -2.31. The van der Waals surface area contributed by atoms with Gasteiger partial charge in [-0.2, -0.15) is 0 Å². The molecule has 0 bridgehead atoms. The molecule has 0 spiro atoms. The number of carbonyl (C=O) groups excluding carboxylic acids is 1. The first-order valence-electron chi connectivity index (χ1n) is 8.07. The van der Waals surface area contributed by atoms with E-state index < -0.39 is 0 Å². The topological polar surface area (TPSA) is 55.3 Å². The van der Waals surface area contributed by atoms with Crippen LogP contribution >= 0.6 is 15.9 Å². The van der Waals surface area contributed by atoms with Crippen LogP contribution in [0.5, 0.6) is 5.88 Å². The van der Waals surface area contributed by atoms with E-state index >= 15 is 0 Å². The van der Waals surface area contributed by atoms with Crippen LogP contribution < -0.4 is 4.74 Å². The average Bonchev–Trinajstić information content (AvgIpc) is 2.61. The van der Waals surface area contributed by atoms with Gasteiger partial charge in [-0.25, -0.2) is 4.98 Å². The summed E-state index contributed by atoms with van der Waals surface area (Å²) in [5.41, 5.74) is 1.68. The van der Waals surface area contributed by atoms with Crippen molar-refractivity contribution in [2.75, 3.05) is 19.7 Å². The normalized spacial score (nSPS) is 15.3. The summed E-state index contributed by atoms with van der Waals surface area (Å²) in [6.45, 7) is 4.15. The molecule has 0 N–H and O–H groups in total. The molecule has 0 radical (unpaired) electrons. The van der Waals surface area contributed by atoms with Gasteiger partial charge in [0.25, 0.3) is 5.91 Å². The summed E-state index contributed by atoms with van der Waals surface area (Å²) < 4.78 is 6.66. The smallest absolute Gasteiger partial charge is 0.255 e. The zero-order valence-electron chi connectivity index (χ0n) is 13.6. The second-order valence-corrected chi connectivity index (χ2v) is 6.98. The number of pyridine rings is 2. The number of hydrogen-bond acceptors (Lipinski definition) is 4. The van der Waals surface area contributed by atoms with Crippen LogP contribution in [0.3, 0.4) is 0 Å². The van der Waals surface area contributed by atoms with E-state index in [1.807, 2.05) is 30.0 Å². The largest absolute Gasteiger partial charge is 0.477 e. The van der Waals surface area contributed by atoms with Crippen molar-refractivity contribution in [2.24, 2.45) is 5.92 Å². The van der Waals surface area contributed by atoms with Gasteiger partial charge in [0.1, 0.15) is 0 Å². The van der Waals surface area contributed by atoms with Gasteiger partial charge in [0.2, 0.25) is 5.88 Å². The van der Waals surface area contributed by atoms with Crippen molar-refractivity contribution in [2.45, 2.75) is 19.8 Å². The SMILES string of the molecule is Cc1cccnc1OCC1CCN(C(=O)c2cncc(Br)c2)CC1. The minimum Gasteiger partial charge on any atom is -0.477 e. The molecule has 1 saturated heterocycles. The van der Waals surface area contributed by atoms with Crippen LogP contribution in [0.1, 0.15) is 28.8 Å². The molecule has 2 aromatic rings. The van der Waals surface area contributed by atoms with Crippen molar-refractivity contribution in [3.05, 3.63) is 52.4 Å². The lowest BCUT2D eigenvalue weighted by Crippen LogP contribution is -2.39. The summed E-state index contributed by atoms with van der Waals surface area (Å²) in [5, 5.41) is 0. The molecular weight excluding hydrogens is 370 g/mol. The number of likely N-dealkylation sites (tertiary alicyclic amines) is 1.